The molecule has 3 rings (SSSR count). The Morgan fingerprint density at radius 2 is 1.56 bits per heavy atom. The maximum atomic E-state index is 13.0. The molecule has 3 aromatic rings. The number of carbonyl (C=O) groups is 1. The fourth-order valence-electron chi connectivity index (χ4n) is 4.15. The average Bonchev–Trinajstić information content (AvgIpc) is 2.99. The van der Waals surface area contributed by atoms with Crippen molar-refractivity contribution in [1.82, 2.24) is 5.32 Å². The number of thioether (sulfide) groups is 1. The van der Waals surface area contributed by atoms with Crippen LogP contribution < -0.4 is 10.1 Å². The van der Waals surface area contributed by atoms with Crippen molar-refractivity contribution in [2.24, 2.45) is 5.41 Å². The number of hydrogen-bond donors (Lipinski definition) is 1. The normalized spacial score (nSPS) is 13.2. The first-order chi connectivity index (χ1) is 20.4. The van der Waals surface area contributed by atoms with Gasteiger partial charge in [-0.25, -0.2) is 4.79 Å². The summed E-state index contributed by atoms with van der Waals surface area (Å²) < 4.78 is 42.9. The van der Waals surface area contributed by atoms with Crippen LogP contribution >= 0.6 is 27.7 Å². The number of halogens is 1. The van der Waals surface area contributed by atoms with Crippen molar-refractivity contribution in [3.63, 3.8) is 0 Å². The number of methoxy groups -OCH3 is 1. The molecule has 3 aromatic carbocycles. The van der Waals surface area contributed by atoms with Crippen molar-refractivity contribution in [2.75, 3.05) is 19.5 Å². The minimum Gasteiger partial charge on any atom is -0.497 e. The van der Waals surface area contributed by atoms with Crippen LogP contribution in [0.25, 0.3) is 0 Å². The quantitative estimate of drug-likeness (QED) is 0.154. The molecule has 0 aliphatic heterocycles. The molecule has 0 aliphatic rings. The number of nitrogens with one attached hydrogen (secondary N) is 1. The molecule has 0 spiro atoms. The SMILES string of the molecule is COc1ccc(CSC(CCc2ccc(Br)cc2)C(CCS(=O)(=O)OCC(C)(C)C)NC(=O)OCc2ccccc2)cc1. The Labute approximate surface area is 269 Å². The number of hydrogen-bond acceptors (Lipinski definition) is 7. The van der Waals surface area contributed by atoms with Crippen molar-refractivity contribution in [3.05, 3.63) is 100 Å². The lowest BCUT2D eigenvalue weighted by molar-refractivity contribution is 0.135. The summed E-state index contributed by atoms with van der Waals surface area (Å²) in [7, 11) is -2.17. The molecule has 43 heavy (non-hydrogen) atoms. The van der Waals surface area contributed by atoms with Crippen LogP contribution in [0, 0.1) is 5.41 Å². The number of ether oxygens (including phenoxy) is 2. The van der Waals surface area contributed by atoms with Gasteiger partial charge in [0.25, 0.3) is 10.1 Å². The summed E-state index contributed by atoms with van der Waals surface area (Å²) in [6.45, 7) is 5.97. The van der Waals surface area contributed by atoms with Gasteiger partial charge in [0.2, 0.25) is 0 Å². The molecule has 0 heterocycles. The maximum absolute atomic E-state index is 13.0. The number of rotatable bonds is 16. The lowest BCUT2D eigenvalue weighted by Crippen LogP contribution is -2.43. The van der Waals surface area contributed by atoms with Crippen LogP contribution in [0.1, 0.15) is 50.3 Å². The van der Waals surface area contributed by atoms with Crippen LogP contribution in [0.4, 0.5) is 4.79 Å². The maximum Gasteiger partial charge on any atom is 0.407 e. The molecule has 1 N–H and O–H groups in total. The highest BCUT2D eigenvalue weighted by Crippen LogP contribution is 2.28. The van der Waals surface area contributed by atoms with Gasteiger partial charge >= 0.3 is 6.09 Å². The van der Waals surface area contributed by atoms with Gasteiger partial charge in [0.15, 0.2) is 0 Å². The van der Waals surface area contributed by atoms with Gasteiger partial charge in [-0.2, -0.15) is 20.2 Å². The molecule has 7 nitrogen and oxygen atoms in total. The molecule has 0 aromatic heterocycles. The number of amides is 1. The van der Waals surface area contributed by atoms with Gasteiger partial charge in [0.1, 0.15) is 12.4 Å². The Bertz CT molecular complexity index is 1360. The first kappa shape index (κ1) is 35.0. The van der Waals surface area contributed by atoms with E-state index in [4.69, 9.17) is 13.7 Å². The Kier molecular flexibility index (Phi) is 13.9. The van der Waals surface area contributed by atoms with E-state index in [0.717, 1.165) is 39.8 Å². The zero-order valence-corrected chi connectivity index (χ0v) is 28.5. The second-order valence-electron chi connectivity index (χ2n) is 11.5. The van der Waals surface area contributed by atoms with Gasteiger partial charge in [-0.05, 0) is 65.6 Å². The van der Waals surface area contributed by atoms with Crippen molar-refractivity contribution in [3.8, 4) is 5.75 Å². The summed E-state index contributed by atoms with van der Waals surface area (Å²) in [5.41, 5.74) is 2.83. The van der Waals surface area contributed by atoms with E-state index in [2.05, 4.69) is 33.4 Å². The summed E-state index contributed by atoms with van der Waals surface area (Å²) in [6.07, 6.45) is 1.08. The summed E-state index contributed by atoms with van der Waals surface area (Å²) in [5, 5.41) is 2.90. The van der Waals surface area contributed by atoms with E-state index < -0.39 is 22.3 Å². The topological polar surface area (TPSA) is 90.9 Å². The van der Waals surface area contributed by atoms with Gasteiger partial charge in [-0.3, -0.25) is 4.18 Å². The minimum atomic E-state index is -3.80. The third-order valence-electron chi connectivity index (χ3n) is 6.57. The molecule has 0 saturated carbocycles. The van der Waals surface area contributed by atoms with E-state index in [1.807, 2.05) is 87.5 Å². The Balaban J connectivity index is 1.79. The summed E-state index contributed by atoms with van der Waals surface area (Å²) >= 11 is 5.18. The van der Waals surface area contributed by atoms with Crippen molar-refractivity contribution in [1.29, 1.82) is 0 Å². The Morgan fingerprint density at radius 3 is 2.19 bits per heavy atom. The Hall–Kier alpha value is -2.53. The number of benzene rings is 3. The van der Waals surface area contributed by atoms with E-state index in [9.17, 15) is 13.2 Å². The van der Waals surface area contributed by atoms with Gasteiger partial charge in [-0.15, -0.1) is 0 Å². The monoisotopic (exact) mass is 691 g/mol. The second-order valence-corrected chi connectivity index (χ2v) is 15.5. The molecule has 234 valence electrons. The minimum absolute atomic E-state index is 0.0890. The molecule has 10 heteroatoms. The van der Waals surface area contributed by atoms with Gasteiger partial charge in [0.05, 0.1) is 19.5 Å². The fraction of sp³-hybridized carbons (Fsp3) is 0.424. The molecule has 2 unspecified atom stereocenters. The third kappa shape index (κ3) is 13.8. The van der Waals surface area contributed by atoms with Crippen molar-refractivity contribution in [2.45, 2.75) is 63.7 Å². The van der Waals surface area contributed by atoms with Crippen LogP contribution in [0.15, 0.2) is 83.3 Å². The lowest BCUT2D eigenvalue weighted by atomic mass is 9.99. The molecule has 0 saturated heterocycles. The third-order valence-corrected chi connectivity index (χ3v) is 9.80. The largest absolute Gasteiger partial charge is 0.497 e. The second kappa shape index (κ2) is 17.1. The molecule has 0 radical (unpaired) electrons. The van der Waals surface area contributed by atoms with Crippen molar-refractivity contribution >= 4 is 43.9 Å². The molecule has 0 fully saturated rings. The van der Waals surface area contributed by atoms with E-state index in [-0.39, 0.29) is 36.1 Å². The number of carbonyl (C=O) groups excluding carboxylic acids is 1. The molecular weight excluding hydrogens is 650 g/mol. The summed E-state index contributed by atoms with van der Waals surface area (Å²) in [4.78, 5) is 13.0. The first-order valence-electron chi connectivity index (χ1n) is 14.3. The lowest BCUT2D eigenvalue weighted by Gasteiger charge is -2.28. The average molecular weight is 693 g/mol. The number of aryl methyl sites for hydroxylation is 1. The molecule has 0 bridgehead atoms. The van der Waals surface area contributed by atoms with Crippen LogP contribution in [-0.4, -0.2) is 45.3 Å². The molecular formula is C33H42BrNO6S2. The van der Waals surface area contributed by atoms with Crippen molar-refractivity contribution < 1.29 is 26.9 Å². The highest BCUT2D eigenvalue weighted by atomic mass is 79.9. The van der Waals surface area contributed by atoms with Crippen LogP contribution in [0.5, 0.6) is 5.75 Å². The van der Waals surface area contributed by atoms with E-state index >= 15 is 0 Å². The van der Waals surface area contributed by atoms with Gasteiger partial charge < -0.3 is 14.8 Å². The molecule has 1 amide bonds. The highest BCUT2D eigenvalue weighted by Gasteiger charge is 2.28. The summed E-state index contributed by atoms with van der Waals surface area (Å²) in [5.74, 6) is 1.24. The number of alkyl carbamates (subject to hydrolysis) is 1. The van der Waals surface area contributed by atoms with Crippen LogP contribution in [-0.2, 0) is 37.8 Å². The van der Waals surface area contributed by atoms with E-state index in [1.165, 1.54) is 0 Å². The molecule has 2 atom stereocenters. The zero-order valence-electron chi connectivity index (χ0n) is 25.3. The summed E-state index contributed by atoms with van der Waals surface area (Å²) in [6, 6.07) is 25.0. The van der Waals surface area contributed by atoms with Crippen LogP contribution in [0.2, 0.25) is 0 Å². The first-order valence-corrected chi connectivity index (χ1v) is 17.7. The zero-order chi connectivity index (χ0) is 31.3. The van der Waals surface area contributed by atoms with Gasteiger partial charge in [-0.1, -0.05) is 91.3 Å². The predicted octanol–water partition coefficient (Wildman–Crippen LogP) is 7.77. The molecule has 0 aliphatic carbocycles. The van der Waals surface area contributed by atoms with E-state index in [1.54, 1.807) is 18.9 Å². The predicted molar refractivity (Wildman–Crippen MR) is 178 cm³/mol. The van der Waals surface area contributed by atoms with E-state index in [0.29, 0.717) is 5.75 Å². The highest BCUT2D eigenvalue weighted by molar-refractivity contribution is 9.10. The fourth-order valence-corrected chi connectivity index (χ4v) is 6.93. The van der Waals surface area contributed by atoms with Gasteiger partial charge in [0, 0.05) is 21.5 Å². The smallest absolute Gasteiger partial charge is 0.407 e. The van der Waals surface area contributed by atoms with Crippen LogP contribution in [0.3, 0.4) is 0 Å². The Morgan fingerprint density at radius 1 is 0.907 bits per heavy atom. The standard InChI is InChI=1S/C33H42BrNO6S2/c1-33(2,3)24-41-43(37,38)21-20-30(35-32(36)40-22-26-8-6-5-7-9-26)31(19-14-25-10-15-28(34)16-11-25)42-23-27-12-17-29(39-4)18-13-27/h5-13,15-18,30-31H,14,19-24H2,1-4H3,(H,35,36).